The average Bonchev–Trinajstić information content (AvgIpc) is 3.12. The molecular formula is C19H16N4O3. The molecule has 26 heavy (non-hydrogen) atoms. The number of aromatic nitrogens is 1. The maximum Gasteiger partial charge on any atom is 0.271 e. The standard InChI is InChI=1S/C19H16N4O3/c24-19(22-21-12-5-3-6-13(11-12)23(25)26)18-14-7-1-2-9-16(14)20-17-10-4-8-15(17)18/h1-3,5-7,9,11,21H,4,8,10H2,(H,22,24). The molecule has 0 bridgehead atoms. The van der Waals surface area contributed by atoms with Crippen LogP contribution in [0.5, 0.6) is 0 Å². The molecule has 0 unspecified atom stereocenters. The summed E-state index contributed by atoms with van der Waals surface area (Å²) in [6, 6.07) is 13.6. The van der Waals surface area contributed by atoms with Crippen LogP contribution in [0.4, 0.5) is 11.4 Å². The van der Waals surface area contributed by atoms with Gasteiger partial charge in [-0.2, -0.15) is 0 Å². The number of amides is 1. The highest BCUT2D eigenvalue weighted by atomic mass is 16.6. The molecule has 0 radical (unpaired) electrons. The van der Waals surface area contributed by atoms with Crippen LogP contribution in [0.2, 0.25) is 0 Å². The first-order valence-corrected chi connectivity index (χ1v) is 8.35. The average molecular weight is 348 g/mol. The molecule has 130 valence electrons. The second-order valence-corrected chi connectivity index (χ2v) is 6.17. The highest BCUT2D eigenvalue weighted by molar-refractivity contribution is 6.08. The van der Waals surface area contributed by atoms with Crippen molar-refractivity contribution in [3.63, 3.8) is 0 Å². The molecule has 7 heteroatoms. The Morgan fingerprint density at radius 1 is 1.12 bits per heavy atom. The van der Waals surface area contributed by atoms with Crippen molar-refractivity contribution >= 4 is 28.2 Å². The van der Waals surface area contributed by atoms with Crippen LogP contribution in [0, 0.1) is 10.1 Å². The number of rotatable bonds is 4. The second kappa shape index (κ2) is 6.44. The molecule has 1 amide bonds. The van der Waals surface area contributed by atoms with Crippen LogP contribution >= 0.6 is 0 Å². The summed E-state index contributed by atoms with van der Waals surface area (Å²) in [5, 5.41) is 11.7. The molecule has 2 N–H and O–H groups in total. The van der Waals surface area contributed by atoms with Crippen molar-refractivity contribution in [2.24, 2.45) is 0 Å². The zero-order chi connectivity index (χ0) is 18.1. The fourth-order valence-electron chi connectivity index (χ4n) is 3.36. The van der Waals surface area contributed by atoms with E-state index in [0.717, 1.165) is 41.4 Å². The SMILES string of the molecule is O=C(NNc1cccc([N+](=O)[O-])c1)c1c2c(nc3ccccc13)CCC2. The van der Waals surface area contributed by atoms with Crippen molar-refractivity contribution in [3.8, 4) is 0 Å². The molecule has 0 fully saturated rings. The summed E-state index contributed by atoms with van der Waals surface area (Å²) in [5.41, 5.74) is 9.23. The molecule has 2 aromatic carbocycles. The number of benzene rings is 2. The Balaban J connectivity index is 1.65. The third-order valence-corrected chi connectivity index (χ3v) is 4.52. The quantitative estimate of drug-likeness (QED) is 0.556. The summed E-state index contributed by atoms with van der Waals surface area (Å²) in [6.45, 7) is 0. The van der Waals surface area contributed by atoms with E-state index < -0.39 is 4.92 Å². The molecular weight excluding hydrogens is 332 g/mol. The van der Waals surface area contributed by atoms with E-state index in [-0.39, 0.29) is 11.6 Å². The van der Waals surface area contributed by atoms with Crippen LogP contribution in [0.1, 0.15) is 28.0 Å². The fraction of sp³-hybridized carbons (Fsp3) is 0.158. The van der Waals surface area contributed by atoms with E-state index in [1.165, 1.54) is 12.1 Å². The number of nitrogens with zero attached hydrogens (tertiary/aromatic N) is 2. The van der Waals surface area contributed by atoms with E-state index in [2.05, 4.69) is 15.8 Å². The Morgan fingerprint density at radius 3 is 2.81 bits per heavy atom. The monoisotopic (exact) mass is 348 g/mol. The van der Waals surface area contributed by atoms with Gasteiger partial charge in [-0.25, -0.2) is 0 Å². The van der Waals surface area contributed by atoms with Crippen molar-refractivity contribution < 1.29 is 9.72 Å². The number of nitro benzene ring substituents is 1. The van der Waals surface area contributed by atoms with E-state index >= 15 is 0 Å². The highest BCUT2D eigenvalue weighted by Crippen LogP contribution is 2.29. The molecule has 0 aliphatic heterocycles. The summed E-state index contributed by atoms with van der Waals surface area (Å²) >= 11 is 0. The number of anilines is 1. The maximum absolute atomic E-state index is 12.9. The van der Waals surface area contributed by atoms with E-state index in [1.54, 1.807) is 12.1 Å². The number of hydrogen-bond donors (Lipinski definition) is 2. The van der Waals surface area contributed by atoms with Crippen LogP contribution in [-0.2, 0) is 12.8 Å². The molecule has 3 aromatic rings. The zero-order valence-corrected chi connectivity index (χ0v) is 13.9. The molecule has 1 aliphatic rings. The predicted molar refractivity (Wildman–Crippen MR) is 98.0 cm³/mol. The number of non-ortho nitro benzene ring substituents is 1. The first-order valence-electron chi connectivity index (χ1n) is 8.35. The third-order valence-electron chi connectivity index (χ3n) is 4.52. The molecule has 1 heterocycles. The molecule has 1 aliphatic carbocycles. The van der Waals surface area contributed by atoms with E-state index in [4.69, 9.17) is 0 Å². The zero-order valence-electron chi connectivity index (χ0n) is 13.9. The van der Waals surface area contributed by atoms with Crippen molar-refractivity contribution in [2.75, 3.05) is 5.43 Å². The van der Waals surface area contributed by atoms with E-state index in [0.29, 0.717) is 11.3 Å². The first kappa shape index (κ1) is 16.0. The summed E-state index contributed by atoms with van der Waals surface area (Å²) in [5.74, 6) is -0.270. The van der Waals surface area contributed by atoms with Gasteiger partial charge in [-0.1, -0.05) is 24.3 Å². The van der Waals surface area contributed by atoms with Gasteiger partial charge in [-0.3, -0.25) is 30.7 Å². The van der Waals surface area contributed by atoms with Crippen LogP contribution in [0.15, 0.2) is 48.5 Å². The Morgan fingerprint density at radius 2 is 1.96 bits per heavy atom. The predicted octanol–water partition coefficient (Wildman–Crippen LogP) is 3.39. The van der Waals surface area contributed by atoms with Gasteiger partial charge in [0.1, 0.15) is 0 Å². The number of aryl methyl sites for hydroxylation is 1. The van der Waals surface area contributed by atoms with Gasteiger partial charge in [0, 0.05) is 23.2 Å². The molecule has 0 spiro atoms. The lowest BCUT2D eigenvalue weighted by Crippen LogP contribution is -2.30. The molecule has 4 rings (SSSR count). The van der Waals surface area contributed by atoms with Crippen molar-refractivity contribution in [3.05, 3.63) is 75.5 Å². The Bertz CT molecular complexity index is 1030. The third kappa shape index (κ3) is 2.83. The van der Waals surface area contributed by atoms with Gasteiger partial charge in [0.2, 0.25) is 0 Å². The maximum atomic E-state index is 12.9. The lowest BCUT2D eigenvalue weighted by Gasteiger charge is -2.13. The van der Waals surface area contributed by atoms with Gasteiger partial charge in [0.15, 0.2) is 0 Å². The number of fused-ring (bicyclic) bond motifs is 2. The number of hydrazine groups is 1. The second-order valence-electron chi connectivity index (χ2n) is 6.17. The van der Waals surface area contributed by atoms with Crippen LogP contribution in [0.3, 0.4) is 0 Å². The largest absolute Gasteiger partial charge is 0.298 e. The van der Waals surface area contributed by atoms with Gasteiger partial charge < -0.3 is 0 Å². The van der Waals surface area contributed by atoms with E-state index in [9.17, 15) is 14.9 Å². The smallest absolute Gasteiger partial charge is 0.271 e. The lowest BCUT2D eigenvalue weighted by molar-refractivity contribution is -0.384. The Hall–Kier alpha value is -3.48. The normalized spacial score (nSPS) is 12.6. The molecule has 0 atom stereocenters. The minimum atomic E-state index is -0.476. The summed E-state index contributed by atoms with van der Waals surface area (Å²) < 4.78 is 0. The minimum absolute atomic E-state index is 0.0421. The summed E-state index contributed by atoms with van der Waals surface area (Å²) in [7, 11) is 0. The number of carbonyl (C=O) groups is 1. The van der Waals surface area contributed by atoms with Gasteiger partial charge in [0.25, 0.3) is 11.6 Å². The Kier molecular flexibility index (Phi) is 3.96. The number of carbonyl (C=O) groups excluding carboxylic acids is 1. The van der Waals surface area contributed by atoms with Gasteiger partial charge in [0.05, 0.1) is 21.7 Å². The number of nitro groups is 1. The van der Waals surface area contributed by atoms with Crippen molar-refractivity contribution in [1.82, 2.24) is 10.4 Å². The lowest BCUT2D eigenvalue weighted by atomic mass is 10.0. The van der Waals surface area contributed by atoms with Crippen molar-refractivity contribution in [1.29, 1.82) is 0 Å². The van der Waals surface area contributed by atoms with Gasteiger partial charge >= 0.3 is 0 Å². The molecule has 1 aromatic heterocycles. The minimum Gasteiger partial charge on any atom is -0.298 e. The fourth-order valence-corrected chi connectivity index (χ4v) is 3.36. The van der Waals surface area contributed by atoms with Crippen LogP contribution < -0.4 is 10.9 Å². The molecule has 0 saturated carbocycles. The Labute approximate surface area is 149 Å². The number of para-hydroxylation sites is 1. The van der Waals surface area contributed by atoms with E-state index in [1.807, 2.05) is 24.3 Å². The number of nitrogens with one attached hydrogen (secondary N) is 2. The van der Waals surface area contributed by atoms with Crippen molar-refractivity contribution in [2.45, 2.75) is 19.3 Å². The highest BCUT2D eigenvalue weighted by Gasteiger charge is 2.23. The van der Waals surface area contributed by atoms with Crippen LogP contribution in [-0.4, -0.2) is 15.8 Å². The summed E-state index contributed by atoms with van der Waals surface area (Å²) in [4.78, 5) is 27.9. The molecule has 7 nitrogen and oxygen atoms in total. The summed E-state index contributed by atoms with van der Waals surface area (Å²) in [6.07, 6.45) is 2.68. The number of pyridine rings is 1. The first-order chi connectivity index (χ1) is 12.6. The van der Waals surface area contributed by atoms with Crippen LogP contribution in [0.25, 0.3) is 10.9 Å². The number of hydrogen-bond acceptors (Lipinski definition) is 5. The molecule has 0 saturated heterocycles. The van der Waals surface area contributed by atoms with Gasteiger partial charge in [-0.05, 0) is 37.0 Å². The topological polar surface area (TPSA) is 97.2 Å². The van der Waals surface area contributed by atoms with Gasteiger partial charge in [-0.15, -0.1) is 0 Å².